The fraction of sp³-hybridized carbons (Fsp3) is 0.500. The molecular formula is C14H20N2O2. The van der Waals surface area contributed by atoms with E-state index < -0.39 is 0 Å². The molecule has 1 aliphatic heterocycles. The summed E-state index contributed by atoms with van der Waals surface area (Å²) in [6.07, 6.45) is 0. The Balaban J connectivity index is 1.95. The fourth-order valence-electron chi connectivity index (χ4n) is 2.04. The Morgan fingerprint density at radius 1 is 1.56 bits per heavy atom. The third kappa shape index (κ3) is 3.09. The number of amides is 1. The van der Waals surface area contributed by atoms with Crippen molar-refractivity contribution in [2.45, 2.75) is 13.5 Å². The lowest BCUT2D eigenvalue weighted by Gasteiger charge is -2.31. The molecular weight excluding hydrogens is 228 g/mol. The van der Waals surface area contributed by atoms with E-state index in [0.29, 0.717) is 12.5 Å². The minimum absolute atomic E-state index is 0.0531. The number of methoxy groups -OCH3 is 1. The molecule has 2 N–H and O–H groups in total. The molecule has 1 saturated heterocycles. The molecule has 98 valence electrons. The second kappa shape index (κ2) is 5.98. The first-order valence-electron chi connectivity index (χ1n) is 6.30. The van der Waals surface area contributed by atoms with Crippen molar-refractivity contribution in [3.8, 4) is 0 Å². The molecule has 0 bridgehead atoms. The molecule has 4 heteroatoms. The van der Waals surface area contributed by atoms with Crippen LogP contribution in [0.3, 0.4) is 0 Å². The third-order valence-corrected chi connectivity index (χ3v) is 3.44. The van der Waals surface area contributed by atoms with Crippen molar-refractivity contribution < 1.29 is 9.53 Å². The van der Waals surface area contributed by atoms with Crippen molar-refractivity contribution in [1.29, 1.82) is 0 Å². The first-order valence-corrected chi connectivity index (χ1v) is 6.30. The highest BCUT2D eigenvalue weighted by molar-refractivity contribution is 5.92. The van der Waals surface area contributed by atoms with Crippen LogP contribution in [-0.4, -0.2) is 26.1 Å². The lowest BCUT2D eigenvalue weighted by Crippen LogP contribution is -2.48. The topological polar surface area (TPSA) is 50.4 Å². The summed E-state index contributed by atoms with van der Waals surface area (Å²) in [5.74, 6) is 0.612. The van der Waals surface area contributed by atoms with Gasteiger partial charge in [0.2, 0.25) is 5.91 Å². The summed E-state index contributed by atoms with van der Waals surface area (Å²) in [5.41, 5.74) is 1.90. The second-order valence-electron chi connectivity index (χ2n) is 4.83. The lowest BCUT2D eigenvalue weighted by molar-refractivity contribution is -0.121. The molecule has 0 saturated carbocycles. The summed E-state index contributed by atoms with van der Waals surface area (Å²) in [6.45, 7) is 4.43. The molecule has 0 radical (unpaired) electrons. The van der Waals surface area contributed by atoms with Gasteiger partial charge in [-0.15, -0.1) is 0 Å². The zero-order chi connectivity index (χ0) is 13.0. The van der Waals surface area contributed by atoms with E-state index in [-0.39, 0.29) is 11.8 Å². The molecule has 1 aromatic rings. The summed E-state index contributed by atoms with van der Waals surface area (Å²) >= 11 is 0. The molecule has 4 nitrogen and oxygen atoms in total. The van der Waals surface area contributed by atoms with Crippen molar-refractivity contribution in [3.63, 3.8) is 0 Å². The average molecular weight is 248 g/mol. The van der Waals surface area contributed by atoms with Gasteiger partial charge in [-0.3, -0.25) is 4.79 Å². The van der Waals surface area contributed by atoms with E-state index in [4.69, 9.17) is 4.74 Å². The quantitative estimate of drug-likeness (QED) is 0.832. The maximum atomic E-state index is 12.0. The molecule has 0 aromatic heterocycles. The number of benzene rings is 1. The second-order valence-corrected chi connectivity index (χ2v) is 4.83. The molecule has 0 spiro atoms. The van der Waals surface area contributed by atoms with Crippen LogP contribution in [0, 0.1) is 11.8 Å². The molecule has 18 heavy (non-hydrogen) atoms. The van der Waals surface area contributed by atoms with Crippen LogP contribution in [0.15, 0.2) is 24.3 Å². The van der Waals surface area contributed by atoms with Gasteiger partial charge in [-0.05, 0) is 36.7 Å². The normalized spacial score (nSPS) is 17.0. The van der Waals surface area contributed by atoms with Crippen molar-refractivity contribution in [2.75, 3.05) is 25.5 Å². The van der Waals surface area contributed by atoms with Gasteiger partial charge in [0.15, 0.2) is 0 Å². The van der Waals surface area contributed by atoms with E-state index in [1.807, 2.05) is 31.2 Å². The summed E-state index contributed by atoms with van der Waals surface area (Å²) in [7, 11) is 1.66. The maximum absolute atomic E-state index is 12.0. The molecule has 1 unspecified atom stereocenters. The van der Waals surface area contributed by atoms with Crippen LogP contribution in [0.2, 0.25) is 0 Å². The van der Waals surface area contributed by atoms with Gasteiger partial charge in [0.1, 0.15) is 0 Å². The number of ether oxygens (including phenoxy) is 1. The molecule has 1 amide bonds. The Hall–Kier alpha value is -1.39. The van der Waals surface area contributed by atoms with Gasteiger partial charge in [0, 0.05) is 18.7 Å². The van der Waals surface area contributed by atoms with Gasteiger partial charge in [-0.2, -0.15) is 0 Å². The Kier molecular flexibility index (Phi) is 4.33. The van der Waals surface area contributed by atoms with Crippen molar-refractivity contribution in [2.24, 2.45) is 11.8 Å². The zero-order valence-electron chi connectivity index (χ0n) is 10.9. The highest BCUT2D eigenvalue weighted by Gasteiger charge is 2.28. The van der Waals surface area contributed by atoms with E-state index in [9.17, 15) is 4.79 Å². The van der Waals surface area contributed by atoms with Gasteiger partial charge in [-0.1, -0.05) is 19.1 Å². The number of carbonyl (C=O) groups excluding carboxylic acids is 1. The van der Waals surface area contributed by atoms with E-state index in [2.05, 4.69) is 10.6 Å². The van der Waals surface area contributed by atoms with Crippen LogP contribution >= 0.6 is 0 Å². The fourth-order valence-corrected chi connectivity index (χ4v) is 2.04. The van der Waals surface area contributed by atoms with E-state index >= 15 is 0 Å². The first-order chi connectivity index (χ1) is 8.70. The zero-order valence-corrected chi connectivity index (χ0v) is 10.9. The standard InChI is InChI=1S/C14H20N2O2/c1-10(12-7-15-8-12)14(17)16-13-5-3-4-11(6-13)9-18-2/h3-6,10,12,15H,7-9H2,1-2H3,(H,16,17). The molecule has 1 heterocycles. The number of nitrogens with one attached hydrogen (secondary N) is 2. The van der Waals surface area contributed by atoms with Gasteiger partial charge < -0.3 is 15.4 Å². The number of rotatable bonds is 5. The number of hydrogen-bond acceptors (Lipinski definition) is 3. The molecule has 0 aliphatic carbocycles. The first kappa shape index (κ1) is 13.1. The monoisotopic (exact) mass is 248 g/mol. The number of anilines is 1. The summed E-state index contributed by atoms with van der Waals surface area (Å²) in [5, 5.41) is 6.16. The predicted octanol–water partition coefficient (Wildman–Crippen LogP) is 1.63. The Morgan fingerprint density at radius 3 is 2.94 bits per heavy atom. The Bertz CT molecular complexity index is 416. The van der Waals surface area contributed by atoms with Crippen LogP contribution in [0.1, 0.15) is 12.5 Å². The van der Waals surface area contributed by atoms with Crippen molar-refractivity contribution >= 4 is 11.6 Å². The Labute approximate surface area is 108 Å². The van der Waals surface area contributed by atoms with Crippen LogP contribution in [0.25, 0.3) is 0 Å². The maximum Gasteiger partial charge on any atom is 0.227 e. The van der Waals surface area contributed by atoms with Gasteiger partial charge in [0.05, 0.1) is 6.61 Å². The van der Waals surface area contributed by atoms with Crippen LogP contribution in [-0.2, 0) is 16.1 Å². The van der Waals surface area contributed by atoms with Gasteiger partial charge in [-0.25, -0.2) is 0 Å². The highest BCUT2D eigenvalue weighted by atomic mass is 16.5. The Morgan fingerprint density at radius 2 is 2.33 bits per heavy atom. The SMILES string of the molecule is COCc1cccc(NC(=O)C(C)C2CNC2)c1. The van der Waals surface area contributed by atoms with Gasteiger partial charge in [0.25, 0.3) is 0 Å². The van der Waals surface area contributed by atoms with E-state index in [0.717, 1.165) is 24.3 Å². The van der Waals surface area contributed by atoms with E-state index in [1.165, 1.54) is 0 Å². The minimum atomic E-state index is 0.0531. The minimum Gasteiger partial charge on any atom is -0.380 e. The highest BCUT2D eigenvalue weighted by Crippen LogP contribution is 2.19. The largest absolute Gasteiger partial charge is 0.380 e. The molecule has 1 fully saturated rings. The van der Waals surface area contributed by atoms with Crippen molar-refractivity contribution in [3.05, 3.63) is 29.8 Å². The summed E-state index contributed by atoms with van der Waals surface area (Å²) in [4.78, 5) is 12.0. The molecule has 1 atom stereocenters. The molecule has 2 rings (SSSR count). The molecule has 1 aliphatic rings. The third-order valence-electron chi connectivity index (χ3n) is 3.44. The smallest absolute Gasteiger partial charge is 0.227 e. The van der Waals surface area contributed by atoms with Gasteiger partial charge >= 0.3 is 0 Å². The lowest BCUT2D eigenvalue weighted by atomic mass is 9.88. The van der Waals surface area contributed by atoms with E-state index in [1.54, 1.807) is 7.11 Å². The summed E-state index contributed by atoms with van der Waals surface area (Å²) < 4.78 is 5.08. The van der Waals surface area contributed by atoms with Crippen LogP contribution in [0.5, 0.6) is 0 Å². The summed E-state index contributed by atoms with van der Waals surface area (Å²) in [6, 6.07) is 7.77. The number of hydrogen-bond donors (Lipinski definition) is 2. The van der Waals surface area contributed by atoms with Crippen LogP contribution < -0.4 is 10.6 Å². The van der Waals surface area contributed by atoms with Crippen LogP contribution in [0.4, 0.5) is 5.69 Å². The molecule has 1 aromatic carbocycles. The van der Waals surface area contributed by atoms with Crippen molar-refractivity contribution in [1.82, 2.24) is 5.32 Å². The number of carbonyl (C=O) groups is 1. The average Bonchev–Trinajstić information content (AvgIpc) is 2.27. The predicted molar refractivity (Wildman–Crippen MR) is 71.3 cm³/mol.